The Kier molecular flexibility index (Phi) is 10.2. The van der Waals surface area contributed by atoms with Crippen molar-refractivity contribution in [2.24, 2.45) is 0 Å². The maximum Gasteiger partial charge on any atom is 0.288 e. The average Bonchev–Trinajstić information content (AvgIpc) is 3.83. The number of hydrogen-bond acceptors (Lipinski definition) is 9. The Labute approximate surface area is 291 Å². The van der Waals surface area contributed by atoms with Gasteiger partial charge in [-0.05, 0) is 81.8 Å². The Morgan fingerprint density at radius 3 is 2.46 bits per heavy atom. The number of benzene rings is 3. The molecule has 0 bridgehead atoms. The molecule has 0 aliphatic carbocycles. The molecule has 3 heterocycles. The van der Waals surface area contributed by atoms with Gasteiger partial charge in [0, 0.05) is 36.6 Å². The summed E-state index contributed by atoms with van der Waals surface area (Å²) in [6.45, 7) is 9.66. The van der Waals surface area contributed by atoms with Crippen molar-refractivity contribution in [1.82, 2.24) is 34.3 Å². The summed E-state index contributed by atoms with van der Waals surface area (Å²) in [5, 5.41) is 14.9. The minimum Gasteiger partial charge on any atom is -0.497 e. The second-order valence-corrected chi connectivity index (χ2v) is 12.7. The van der Waals surface area contributed by atoms with Gasteiger partial charge >= 0.3 is 0 Å². The van der Waals surface area contributed by atoms with Crippen LogP contribution < -0.4 is 28.4 Å². The Morgan fingerprint density at radius 1 is 0.980 bits per heavy atom. The third-order valence-electron chi connectivity index (χ3n) is 7.81. The van der Waals surface area contributed by atoms with Gasteiger partial charge in [0.1, 0.15) is 22.9 Å². The maximum absolute atomic E-state index is 13.2. The molecule has 260 valence electrons. The maximum atomic E-state index is 13.2. The number of hydrogen-bond donors (Lipinski definition) is 3. The number of nitrogens with zero attached hydrogens (tertiary/aromatic N) is 5. The molecule has 14 nitrogen and oxygen atoms in total. The largest absolute Gasteiger partial charge is 0.497 e. The van der Waals surface area contributed by atoms with E-state index in [2.05, 4.69) is 25.3 Å². The first-order chi connectivity index (χ1) is 24.1. The molecular weight excluding hydrogens is 661 g/mol. The van der Waals surface area contributed by atoms with E-state index in [1.807, 2.05) is 58.2 Å². The van der Waals surface area contributed by atoms with Crippen molar-refractivity contribution in [3.63, 3.8) is 0 Å². The Morgan fingerprint density at radius 2 is 1.74 bits per heavy atom. The lowest BCUT2D eigenvalue weighted by molar-refractivity contribution is -0.122. The lowest BCUT2D eigenvalue weighted by Gasteiger charge is -2.18. The fourth-order valence-electron chi connectivity index (χ4n) is 5.14. The van der Waals surface area contributed by atoms with Gasteiger partial charge < -0.3 is 23.7 Å². The normalized spacial score (nSPS) is 13.1. The number of fused-ring (bicyclic) bond motifs is 1. The van der Waals surface area contributed by atoms with Gasteiger partial charge in [-0.3, -0.25) is 9.89 Å². The molecule has 6 aromatic rings. The van der Waals surface area contributed by atoms with Crippen LogP contribution in [0.5, 0.6) is 28.7 Å². The van der Waals surface area contributed by atoms with Gasteiger partial charge in [0.25, 0.3) is 17.2 Å². The lowest BCUT2D eigenvalue weighted by Crippen LogP contribution is -2.30. The quantitative estimate of drug-likeness (QED) is 0.129. The molecule has 15 heteroatoms. The predicted molar refractivity (Wildman–Crippen MR) is 189 cm³/mol. The first-order valence-corrected chi connectivity index (χ1v) is 16.9. The molecule has 0 fully saturated rings. The number of nitrogens with one attached hydrogen (secondary N) is 3. The number of anilines is 1. The molecule has 50 heavy (non-hydrogen) atoms. The summed E-state index contributed by atoms with van der Waals surface area (Å²) in [4.78, 5) is 17.8. The molecule has 3 unspecified atom stereocenters. The van der Waals surface area contributed by atoms with Gasteiger partial charge in [-0.15, -0.1) is 5.10 Å². The molecule has 3 N–H and O–H groups in total. The van der Waals surface area contributed by atoms with Crippen molar-refractivity contribution in [2.75, 3.05) is 19.0 Å². The standard InChI is InChI=1S/C35H38N8O6S/c1-21-8-14-29(22(2)18-21)47-25(5)35(44)38-26-9-15-30(48-28-12-10-27(46-6)11-13-28)31(19-26)49-50(45)37-20-23(3)33-39-34-32(42-17-7-16-36-42)24(4)40-43(34)41-33/h7-19,23,25,37,40H,20H2,1-6H3,(H,38,44). The van der Waals surface area contributed by atoms with Crippen LogP contribution in [-0.4, -0.2) is 59.5 Å². The summed E-state index contributed by atoms with van der Waals surface area (Å²) < 4.78 is 42.6. The highest BCUT2D eigenvalue weighted by atomic mass is 32.2. The summed E-state index contributed by atoms with van der Waals surface area (Å²) >= 11 is -2.01. The molecule has 0 radical (unpaired) electrons. The van der Waals surface area contributed by atoms with Gasteiger partial charge in [0.15, 0.2) is 23.4 Å². The predicted octanol–water partition coefficient (Wildman–Crippen LogP) is 5.73. The van der Waals surface area contributed by atoms with E-state index in [0.29, 0.717) is 34.4 Å². The summed E-state index contributed by atoms with van der Waals surface area (Å²) in [7, 11) is 1.58. The Hall–Kier alpha value is -5.67. The first kappa shape index (κ1) is 34.2. The van der Waals surface area contributed by atoms with Gasteiger partial charge in [-0.2, -0.15) is 13.9 Å². The Bertz CT molecular complexity index is 2130. The van der Waals surface area contributed by atoms with Crippen LogP contribution >= 0.6 is 0 Å². The second-order valence-electron chi connectivity index (χ2n) is 11.8. The fourth-order valence-corrected chi connectivity index (χ4v) is 5.88. The third kappa shape index (κ3) is 7.79. The van der Waals surface area contributed by atoms with Crippen molar-refractivity contribution in [1.29, 1.82) is 0 Å². The Balaban J connectivity index is 1.15. The van der Waals surface area contributed by atoms with Crippen LogP contribution in [0.25, 0.3) is 11.3 Å². The van der Waals surface area contributed by atoms with E-state index in [-0.39, 0.29) is 29.9 Å². The van der Waals surface area contributed by atoms with Crippen LogP contribution in [0.15, 0.2) is 79.1 Å². The van der Waals surface area contributed by atoms with E-state index in [1.165, 1.54) is 0 Å². The zero-order chi connectivity index (χ0) is 35.4. The number of carbonyl (C=O) groups is 1. The molecule has 3 atom stereocenters. The number of aromatic nitrogens is 6. The first-order valence-electron chi connectivity index (χ1n) is 15.9. The van der Waals surface area contributed by atoms with Crippen LogP contribution in [0.2, 0.25) is 0 Å². The van der Waals surface area contributed by atoms with Crippen molar-refractivity contribution in [3.05, 3.63) is 102 Å². The van der Waals surface area contributed by atoms with E-state index < -0.39 is 17.4 Å². The minimum absolute atomic E-state index is 0.132. The van der Waals surface area contributed by atoms with Crippen molar-refractivity contribution in [2.45, 2.75) is 46.6 Å². The van der Waals surface area contributed by atoms with Gasteiger partial charge in [-0.25, -0.2) is 14.4 Å². The van der Waals surface area contributed by atoms with Crippen LogP contribution in [0.1, 0.15) is 42.4 Å². The lowest BCUT2D eigenvalue weighted by atomic mass is 10.1. The van der Waals surface area contributed by atoms with Crippen LogP contribution in [-0.2, 0) is 16.1 Å². The topological polar surface area (TPSA) is 159 Å². The van der Waals surface area contributed by atoms with Gasteiger partial charge in [-0.1, -0.05) is 24.6 Å². The summed E-state index contributed by atoms with van der Waals surface area (Å²) in [5.74, 6) is 2.14. The number of H-pyrrole nitrogens is 1. The summed E-state index contributed by atoms with van der Waals surface area (Å²) in [5.41, 5.74) is 4.71. The molecular formula is C35H38N8O6S. The molecule has 0 aliphatic rings. The highest BCUT2D eigenvalue weighted by molar-refractivity contribution is 7.78. The molecule has 0 spiro atoms. The zero-order valence-electron chi connectivity index (χ0n) is 28.5. The van der Waals surface area contributed by atoms with Crippen LogP contribution in [0, 0.1) is 20.8 Å². The molecule has 1 amide bonds. The van der Waals surface area contributed by atoms with Gasteiger partial charge in [0.05, 0.1) is 12.8 Å². The third-order valence-corrected chi connectivity index (χ3v) is 8.55. The van der Waals surface area contributed by atoms with Crippen molar-refractivity contribution >= 4 is 28.5 Å². The summed E-state index contributed by atoms with van der Waals surface area (Å²) in [6, 6.07) is 19.4. The van der Waals surface area contributed by atoms with E-state index in [4.69, 9.17) is 23.4 Å². The van der Waals surface area contributed by atoms with E-state index in [1.54, 1.807) is 72.0 Å². The zero-order valence-corrected chi connectivity index (χ0v) is 29.3. The van der Waals surface area contributed by atoms with E-state index in [0.717, 1.165) is 22.5 Å². The number of carbonyl (C=O) groups excluding carboxylic acids is 1. The van der Waals surface area contributed by atoms with Crippen LogP contribution in [0.3, 0.4) is 0 Å². The highest BCUT2D eigenvalue weighted by Gasteiger charge is 2.21. The fraction of sp³-hybridized carbons (Fsp3) is 0.257. The second kappa shape index (κ2) is 14.8. The number of amides is 1. The van der Waals surface area contributed by atoms with Gasteiger partial charge in [0.2, 0.25) is 5.65 Å². The molecule has 0 saturated heterocycles. The molecule has 3 aromatic carbocycles. The smallest absolute Gasteiger partial charge is 0.288 e. The van der Waals surface area contributed by atoms with Crippen molar-refractivity contribution < 1.29 is 27.4 Å². The number of aromatic amines is 1. The van der Waals surface area contributed by atoms with Crippen LogP contribution in [0.4, 0.5) is 5.69 Å². The van der Waals surface area contributed by atoms with Crippen molar-refractivity contribution in [3.8, 4) is 34.4 Å². The monoisotopic (exact) mass is 698 g/mol. The summed E-state index contributed by atoms with van der Waals surface area (Å²) in [6.07, 6.45) is 2.74. The average molecular weight is 699 g/mol. The molecule has 6 rings (SSSR count). The number of ether oxygens (including phenoxy) is 3. The minimum atomic E-state index is -2.01. The number of methoxy groups -OCH3 is 1. The van der Waals surface area contributed by atoms with E-state index in [9.17, 15) is 9.00 Å². The highest BCUT2D eigenvalue weighted by Crippen LogP contribution is 2.35. The molecule has 3 aromatic heterocycles. The number of aryl methyl sites for hydroxylation is 3. The molecule has 0 saturated carbocycles. The number of rotatable bonds is 14. The van der Waals surface area contributed by atoms with E-state index >= 15 is 0 Å². The molecule has 0 aliphatic heterocycles. The SMILES string of the molecule is COc1ccc(Oc2ccc(NC(=O)C(C)Oc3ccc(C)cc3C)cc2OS(=O)NCC(C)c2nc3c(-n4cccn4)c(C)[nH]n3n2)cc1.